The molecule has 4 heteroatoms. The highest BCUT2D eigenvalue weighted by Gasteiger charge is 2.12. The molecule has 2 aromatic carbocycles. The fraction of sp³-hybridized carbons (Fsp3) is 0.0833. The molecule has 28 heavy (non-hydrogen) atoms. The van der Waals surface area contributed by atoms with Crippen molar-refractivity contribution in [2.45, 2.75) is 13.8 Å². The molecule has 0 fully saturated rings. The van der Waals surface area contributed by atoms with E-state index in [1.165, 1.54) is 0 Å². The zero-order valence-corrected chi connectivity index (χ0v) is 15.7. The van der Waals surface area contributed by atoms with E-state index in [4.69, 9.17) is 9.97 Å². The van der Waals surface area contributed by atoms with Gasteiger partial charge in [-0.3, -0.25) is 0 Å². The smallest absolute Gasteiger partial charge is 0.124 e. The van der Waals surface area contributed by atoms with Crippen LogP contribution in [0, 0.1) is 13.8 Å². The summed E-state index contributed by atoms with van der Waals surface area (Å²) in [6, 6.07) is 22.2. The number of aromatic nitrogens is 2. The van der Waals surface area contributed by atoms with Crippen molar-refractivity contribution in [2.24, 2.45) is 0 Å². The average molecular weight is 368 g/mol. The maximum Gasteiger partial charge on any atom is 0.124 e. The van der Waals surface area contributed by atoms with Crippen LogP contribution in [0.3, 0.4) is 0 Å². The summed E-state index contributed by atoms with van der Waals surface area (Å²) in [5, 5.41) is 20.4. The molecule has 2 aromatic heterocycles. The number of hydrogen-bond donors (Lipinski definition) is 2. The summed E-state index contributed by atoms with van der Waals surface area (Å²) in [4.78, 5) is 9.50. The monoisotopic (exact) mass is 368 g/mol. The van der Waals surface area contributed by atoms with Crippen molar-refractivity contribution in [3.63, 3.8) is 0 Å². The lowest BCUT2D eigenvalue weighted by Crippen LogP contribution is -1.95. The quantitative estimate of drug-likeness (QED) is 0.501. The van der Waals surface area contributed by atoms with Gasteiger partial charge < -0.3 is 10.2 Å². The number of para-hydroxylation sites is 2. The Morgan fingerprint density at radius 2 is 0.893 bits per heavy atom. The number of pyridine rings is 2. The summed E-state index contributed by atoms with van der Waals surface area (Å²) in [7, 11) is 0. The Bertz CT molecular complexity index is 1080. The van der Waals surface area contributed by atoms with E-state index in [1.54, 1.807) is 24.3 Å². The van der Waals surface area contributed by atoms with Crippen molar-refractivity contribution in [3.8, 4) is 45.4 Å². The molecule has 0 saturated heterocycles. The lowest BCUT2D eigenvalue weighted by molar-refractivity contribution is 0.476. The molecule has 0 saturated carbocycles. The number of aromatic hydroxyl groups is 2. The molecular weight excluding hydrogens is 348 g/mol. The van der Waals surface area contributed by atoms with Gasteiger partial charge in [-0.15, -0.1) is 0 Å². The highest BCUT2D eigenvalue weighted by Crippen LogP contribution is 2.32. The van der Waals surface area contributed by atoms with Gasteiger partial charge in [-0.1, -0.05) is 24.3 Å². The lowest BCUT2D eigenvalue weighted by atomic mass is 10.0. The number of phenolic OH excluding ortho intramolecular Hbond substituents is 2. The largest absolute Gasteiger partial charge is 0.507 e. The van der Waals surface area contributed by atoms with Crippen molar-refractivity contribution in [1.82, 2.24) is 9.97 Å². The minimum Gasteiger partial charge on any atom is -0.507 e. The number of benzene rings is 2. The van der Waals surface area contributed by atoms with Crippen LogP contribution < -0.4 is 0 Å². The summed E-state index contributed by atoms with van der Waals surface area (Å²) in [5.41, 5.74) is 6.24. The third kappa shape index (κ3) is 3.45. The molecule has 0 bridgehead atoms. The predicted molar refractivity (Wildman–Crippen MR) is 111 cm³/mol. The average Bonchev–Trinajstić information content (AvgIpc) is 2.68. The molecule has 0 amide bonds. The van der Waals surface area contributed by atoms with Crippen LogP contribution in [-0.2, 0) is 0 Å². The van der Waals surface area contributed by atoms with Gasteiger partial charge >= 0.3 is 0 Å². The molecule has 2 N–H and O–H groups in total. The first-order chi connectivity index (χ1) is 13.5. The Labute approximate surface area is 163 Å². The number of rotatable bonds is 3. The Hall–Kier alpha value is -3.66. The molecule has 138 valence electrons. The normalized spacial score (nSPS) is 10.8. The first-order valence-electron chi connectivity index (χ1n) is 9.06. The standard InChI is InChI=1S/C24H20N2O2/c1-15-11-19(17-7-3-5-9-23(17)27)25-21(13-15)22-14-16(2)12-20(26-22)18-8-4-6-10-24(18)28/h3-14,27-28H,1-2H3. The van der Waals surface area contributed by atoms with Gasteiger partial charge in [-0.2, -0.15) is 0 Å². The van der Waals surface area contributed by atoms with Gasteiger partial charge in [0.1, 0.15) is 11.5 Å². The van der Waals surface area contributed by atoms with Crippen LogP contribution >= 0.6 is 0 Å². The van der Waals surface area contributed by atoms with E-state index >= 15 is 0 Å². The zero-order chi connectivity index (χ0) is 19.7. The van der Waals surface area contributed by atoms with Crippen molar-refractivity contribution in [1.29, 1.82) is 0 Å². The Morgan fingerprint density at radius 3 is 1.29 bits per heavy atom. The molecule has 0 radical (unpaired) electrons. The van der Waals surface area contributed by atoms with Crippen LogP contribution in [-0.4, -0.2) is 20.2 Å². The van der Waals surface area contributed by atoms with Crippen LogP contribution in [0.5, 0.6) is 11.5 Å². The molecule has 0 aliphatic heterocycles. The Morgan fingerprint density at radius 1 is 0.536 bits per heavy atom. The predicted octanol–water partition coefficient (Wildman–Crippen LogP) is 5.51. The summed E-state index contributed by atoms with van der Waals surface area (Å²) < 4.78 is 0. The summed E-state index contributed by atoms with van der Waals surface area (Å²) in [5.74, 6) is 0.386. The van der Waals surface area contributed by atoms with Crippen LogP contribution in [0.1, 0.15) is 11.1 Å². The molecule has 4 rings (SSSR count). The highest BCUT2D eigenvalue weighted by molar-refractivity contribution is 5.73. The summed E-state index contributed by atoms with van der Waals surface area (Å²) in [6.45, 7) is 3.99. The first-order valence-corrected chi connectivity index (χ1v) is 9.06. The van der Waals surface area contributed by atoms with E-state index in [1.807, 2.05) is 62.4 Å². The molecular formula is C24H20N2O2. The van der Waals surface area contributed by atoms with Gasteiger partial charge in [-0.25, -0.2) is 9.97 Å². The van der Waals surface area contributed by atoms with Crippen molar-refractivity contribution >= 4 is 0 Å². The highest BCUT2D eigenvalue weighted by atomic mass is 16.3. The Balaban J connectivity index is 1.86. The van der Waals surface area contributed by atoms with E-state index in [9.17, 15) is 10.2 Å². The van der Waals surface area contributed by atoms with Gasteiger partial charge in [0, 0.05) is 11.1 Å². The second-order valence-corrected chi connectivity index (χ2v) is 6.86. The van der Waals surface area contributed by atoms with E-state index in [0.717, 1.165) is 22.5 Å². The van der Waals surface area contributed by atoms with E-state index in [0.29, 0.717) is 22.5 Å². The zero-order valence-electron chi connectivity index (χ0n) is 15.7. The van der Waals surface area contributed by atoms with Crippen molar-refractivity contribution < 1.29 is 10.2 Å². The Kier molecular flexibility index (Phi) is 4.53. The minimum absolute atomic E-state index is 0.193. The van der Waals surface area contributed by atoms with Crippen molar-refractivity contribution in [2.75, 3.05) is 0 Å². The van der Waals surface area contributed by atoms with Crippen LogP contribution in [0.25, 0.3) is 33.9 Å². The molecule has 2 heterocycles. The number of hydrogen-bond acceptors (Lipinski definition) is 4. The van der Waals surface area contributed by atoms with E-state index in [-0.39, 0.29) is 11.5 Å². The summed E-state index contributed by atoms with van der Waals surface area (Å²) in [6.07, 6.45) is 0. The summed E-state index contributed by atoms with van der Waals surface area (Å²) >= 11 is 0. The van der Waals surface area contributed by atoms with Crippen LogP contribution in [0.15, 0.2) is 72.8 Å². The third-order valence-electron chi connectivity index (χ3n) is 4.56. The lowest BCUT2D eigenvalue weighted by Gasteiger charge is -2.11. The second kappa shape index (κ2) is 7.16. The molecule has 4 aromatic rings. The molecule has 0 aliphatic rings. The van der Waals surface area contributed by atoms with Crippen molar-refractivity contribution in [3.05, 3.63) is 83.9 Å². The SMILES string of the molecule is Cc1cc(-c2cc(C)cc(-c3ccccc3O)n2)nc(-c2ccccc2O)c1. The minimum atomic E-state index is 0.193. The van der Waals surface area contributed by atoms with Crippen LogP contribution in [0.2, 0.25) is 0 Å². The van der Waals surface area contributed by atoms with E-state index in [2.05, 4.69) is 0 Å². The van der Waals surface area contributed by atoms with E-state index < -0.39 is 0 Å². The molecule has 0 atom stereocenters. The van der Waals surface area contributed by atoms with Gasteiger partial charge in [0.15, 0.2) is 0 Å². The number of phenols is 2. The fourth-order valence-corrected chi connectivity index (χ4v) is 3.25. The van der Waals surface area contributed by atoms with Crippen LogP contribution in [0.4, 0.5) is 0 Å². The number of nitrogens with zero attached hydrogens (tertiary/aromatic N) is 2. The molecule has 4 nitrogen and oxygen atoms in total. The molecule has 0 unspecified atom stereocenters. The molecule has 0 aliphatic carbocycles. The maximum atomic E-state index is 10.2. The fourth-order valence-electron chi connectivity index (χ4n) is 3.25. The number of aryl methyl sites for hydroxylation is 2. The van der Waals surface area contributed by atoms with Gasteiger partial charge in [-0.05, 0) is 73.5 Å². The maximum absolute atomic E-state index is 10.2. The molecule has 0 spiro atoms. The third-order valence-corrected chi connectivity index (χ3v) is 4.56. The van der Waals surface area contributed by atoms with Gasteiger partial charge in [0.25, 0.3) is 0 Å². The van der Waals surface area contributed by atoms with Gasteiger partial charge in [0.2, 0.25) is 0 Å². The second-order valence-electron chi connectivity index (χ2n) is 6.86. The topological polar surface area (TPSA) is 66.2 Å². The first kappa shape index (κ1) is 17.7. The van der Waals surface area contributed by atoms with Gasteiger partial charge in [0.05, 0.1) is 22.8 Å².